The molecule has 1 aromatic rings. The molecule has 1 aliphatic heterocycles. The third-order valence-electron chi connectivity index (χ3n) is 4.98. The van der Waals surface area contributed by atoms with Crippen molar-refractivity contribution in [2.24, 2.45) is 0 Å². The highest BCUT2D eigenvalue weighted by molar-refractivity contribution is 7.99. The largest absolute Gasteiger partial charge is 0.337 e. The molecule has 1 fully saturated rings. The van der Waals surface area contributed by atoms with Crippen molar-refractivity contribution in [2.75, 3.05) is 18.1 Å². The van der Waals surface area contributed by atoms with Crippen LogP contribution in [-0.2, 0) is 11.2 Å². The number of carbonyl (C=O) groups is 1. The fourth-order valence-corrected chi connectivity index (χ4v) is 4.88. The number of nitrogens with zero attached hydrogens (tertiary/aromatic N) is 1. The topological polar surface area (TPSA) is 44.2 Å². The average molecular weight is 330 g/mol. The molecule has 0 spiro atoms. The van der Waals surface area contributed by atoms with Gasteiger partial charge >= 0.3 is 0 Å². The number of benzene rings is 1. The molecular formula is C19H26N2OS. The van der Waals surface area contributed by atoms with E-state index in [-0.39, 0.29) is 12.0 Å². The van der Waals surface area contributed by atoms with Gasteiger partial charge in [-0.25, -0.2) is 0 Å². The monoisotopic (exact) mass is 330 g/mol. The molecule has 2 unspecified atom stereocenters. The highest BCUT2D eigenvalue weighted by Gasteiger charge is 2.35. The van der Waals surface area contributed by atoms with Gasteiger partial charge in [0.2, 0.25) is 5.91 Å². The zero-order valence-corrected chi connectivity index (χ0v) is 14.7. The summed E-state index contributed by atoms with van der Waals surface area (Å²) >= 11 is 1.92. The molecule has 23 heavy (non-hydrogen) atoms. The fourth-order valence-electron chi connectivity index (χ4n) is 3.82. The van der Waals surface area contributed by atoms with E-state index in [2.05, 4.69) is 30.0 Å². The van der Waals surface area contributed by atoms with Crippen LogP contribution in [0, 0.1) is 5.41 Å². The molecule has 1 aliphatic carbocycles. The number of amides is 1. The Morgan fingerprint density at radius 2 is 2.22 bits per heavy atom. The Bertz CT molecular complexity index is 586. The minimum atomic E-state index is 0.0390. The molecule has 3 nitrogen and oxygen atoms in total. The lowest BCUT2D eigenvalue weighted by atomic mass is 9.98. The summed E-state index contributed by atoms with van der Waals surface area (Å²) in [6, 6.07) is 8.61. The van der Waals surface area contributed by atoms with Crippen LogP contribution in [-0.4, -0.2) is 40.6 Å². The van der Waals surface area contributed by atoms with Crippen LogP contribution in [0.15, 0.2) is 24.3 Å². The summed E-state index contributed by atoms with van der Waals surface area (Å²) in [6.45, 7) is 2.95. The number of carbonyl (C=O) groups excluding carboxylic acids is 1. The van der Waals surface area contributed by atoms with E-state index < -0.39 is 0 Å². The van der Waals surface area contributed by atoms with Crippen molar-refractivity contribution >= 4 is 23.4 Å². The molecule has 2 atom stereocenters. The minimum absolute atomic E-state index is 0.0390. The van der Waals surface area contributed by atoms with Crippen LogP contribution < -0.4 is 0 Å². The van der Waals surface area contributed by atoms with Crippen molar-refractivity contribution < 1.29 is 4.79 Å². The van der Waals surface area contributed by atoms with E-state index in [4.69, 9.17) is 5.41 Å². The maximum atomic E-state index is 13.2. The highest BCUT2D eigenvalue weighted by Crippen LogP contribution is 2.35. The summed E-state index contributed by atoms with van der Waals surface area (Å²) in [4.78, 5) is 15.2. The second-order valence-electron chi connectivity index (χ2n) is 6.61. The predicted molar refractivity (Wildman–Crippen MR) is 97.6 cm³/mol. The smallest absolute Gasteiger partial charge is 0.230 e. The van der Waals surface area contributed by atoms with E-state index in [0.717, 1.165) is 55.9 Å². The van der Waals surface area contributed by atoms with Gasteiger partial charge in [-0.1, -0.05) is 37.6 Å². The first kappa shape index (κ1) is 16.6. The van der Waals surface area contributed by atoms with Crippen molar-refractivity contribution in [2.45, 2.75) is 51.0 Å². The lowest BCUT2D eigenvalue weighted by Crippen LogP contribution is -2.48. The number of aryl methyl sites for hydroxylation is 1. The molecule has 0 radical (unpaired) electrons. The van der Waals surface area contributed by atoms with E-state index in [0.29, 0.717) is 5.91 Å². The van der Waals surface area contributed by atoms with Gasteiger partial charge in [-0.05, 0) is 30.4 Å². The quantitative estimate of drug-likeness (QED) is 0.833. The summed E-state index contributed by atoms with van der Waals surface area (Å²) in [7, 11) is 0. The summed E-state index contributed by atoms with van der Waals surface area (Å²) in [5.41, 5.74) is 3.37. The molecule has 124 valence electrons. The molecule has 0 saturated carbocycles. The van der Waals surface area contributed by atoms with Crippen LogP contribution in [0.25, 0.3) is 0 Å². The second-order valence-corrected chi connectivity index (χ2v) is 7.76. The number of nitrogens with one attached hydrogen (secondary N) is 1. The number of thioether (sulfide) groups is 1. The van der Waals surface area contributed by atoms with E-state index >= 15 is 0 Å². The summed E-state index contributed by atoms with van der Waals surface area (Å²) in [6.07, 6.45) is 4.59. The molecule has 3 rings (SSSR count). The third kappa shape index (κ3) is 3.63. The van der Waals surface area contributed by atoms with Crippen LogP contribution in [0.5, 0.6) is 0 Å². The predicted octanol–water partition coefficient (Wildman–Crippen LogP) is 3.87. The minimum Gasteiger partial charge on any atom is -0.337 e. The molecule has 1 aromatic carbocycles. The SMILES string of the molecule is CCCC(=N)CC1CSCCN1C(=O)C1CCc2ccccc21. The van der Waals surface area contributed by atoms with Gasteiger partial charge in [0.25, 0.3) is 0 Å². The summed E-state index contributed by atoms with van der Waals surface area (Å²) < 4.78 is 0. The van der Waals surface area contributed by atoms with Crippen LogP contribution in [0.1, 0.15) is 49.7 Å². The maximum absolute atomic E-state index is 13.2. The van der Waals surface area contributed by atoms with Gasteiger partial charge in [-0.15, -0.1) is 0 Å². The van der Waals surface area contributed by atoms with Gasteiger partial charge in [0, 0.05) is 36.2 Å². The molecule has 2 aliphatic rings. The molecule has 0 bridgehead atoms. The van der Waals surface area contributed by atoms with Crippen molar-refractivity contribution in [3.8, 4) is 0 Å². The zero-order chi connectivity index (χ0) is 16.2. The molecule has 4 heteroatoms. The molecule has 0 aromatic heterocycles. The second kappa shape index (κ2) is 7.52. The maximum Gasteiger partial charge on any atom is 0.230 e. The van der Waals surface area contributed by atoms with Gasteiger partial charge in [0.1, 0.15) is 0 Å². The zero-order valence-electron chi connectivity index (χ0n) is 13.9. The van der Waals surface area contributed by atoms with Gasteiger partial charge in [-0.3, -0.25) is 4.79 Å². The highest BCUT2D eigenvalue weighted by atomic mass is 32.2. The van der Waals surface area contributed by atoms with Gasteiger partial charge in [-0.2, -0.15) is 11.8 Å². The average Bonchev–Trinajstić information content (AvgIpc) is 2.99. The first-order chi connectivity index (χ1) is 11.2. The van der Waals surface area contributed by atoms with E-state index in [9.17, 15) is 4.79 Å². The molecule has 1 amide bonds. The fraction of sp³-hybridized carbons (Fsp3) is 0.579. The Balaban J connectivity index is 1.73. The standard InChI is InChI=1S/C19H26N2OS/c1-2-5-15(20)12-16-13-23-11-10-21(16)19(22)18-9-8-14-6-3-4-7-17(14)18/h3-4,6-7,16,18,20H,2,5,8-13H2,1H3. The lowest BCUT2D eigenvalue weighted by Gasteiger charge is -2.37. The Morgan fingerprint density at radius 3 is 3.04 bits per heavy atom. The van der Waals surface area contributed by atoms with Crippen molar-refractivity contribution in [1.82, 2.24) is 4.90 Å². The van der Waals surface area contributed by atoms with Crippen LogP contribution in [0.3, 0.4) is 0 Å². The van der Waals surface area contributed by atoms with E-state index in [1.807, 2.05) is 17.8 Å². The number of fused-ring (bicyclic) bond motifs is 1. The molecule has 1 N–H and O–H groups in total. The summed E-state index contributed by atoms with van der Waals surface area (Å²) in [5, 5.41) is 8.14. The van der Waals surface area contributed by atoms with Crippen molar-refractivity contribution in [1.29, 1.82) is 5.41 Å². The Hall–Kier alpha value is -1.29. The van der Waals surface area contributed by atoms with E-state index in [1.54, 1.807) is 0 Å². The van der Waals surface area contributed by atoms with Gasteiger partial charge < -0.3 is 10.3 Å². The van der Waals surface area contributed by atoms with Gasteiger partial charge in [0.15, 0.2) is 0 Å². The number of hydrogen-bond acceptors (Lipinski definition) is 3. The van der Waals surface area contributed by atoms with Crippen molar-refractivity contribution in [3.05, 3.63) is 35.4 Å². The number of rotatable bonds is 5. The molecule has 1 heterocycles. The Kier molecular flexibility index (Phi) is 5.42. The van der Waals surface area contributed by atoms with E-state index in [1.165, 1.54) is 11.1 Å². The first-order valence-electron chi connectivity index (χ1n) is 8.73. The lowest BCUT2D eigenvalue weighted by molar-refractivity contribution is -0.134. The Labute approximate surface area is 143 Å². The van der Waals surface area contributed by atoms with Crippen LogP contribution >= 0.6 is 11.8 Å². The normalized spacial score (nSPS) is 23.6. The molecular weight excluding hydrogens is 304 g/mol. The van der Waals surface area contributed by atoms with Crippen molar-refractivity contribution in [3.63, 3.8) is 0 Å². The molecule has 1 saturated heterocycles. The number of hydrogen-bond donors (Lipinski definition) is 1. The summed E-state index contributed by atoms with van der Waals surface area (Å²) in [5.74, 6) is 2.34. The van der Waals surface area contributed by atoms with Crippen LogP contribution in [0.2, 0.25) is 0 Å². The third-order valence-corrected chi connectivity index (χ3v) is 6.07. The van der Waals surface area contributed by atoms with Crippen LogP contribution in [0.4, 0.5) is 0 Å². The Morgan fingerprint density at radius 1 is 1.39 bits per heavy atom. The first-order valence-corrected chi connectivity index (χ1v) is 9.88. The van der Waals surface area contributed by atoms with Gasteiger partial charge in [0.05, 0.1) is 5.92 Å².